The molecule has 1 atom stereocenters. The van der Waals surface area contributed by atoms with Gasteiger partial charge >= 0.3 is 0 Å². The van der Waals surface area contributed by atoms with Crippen molar-refractivity contribution < 1.29 is 4.74 Å². The van der Waals surface area contributed by atoms with E-state index in [-0.39, 0.29) is 0 Å². The summed E-state index contributed by atoms with van der Waals surface area (Å²) in [6, 6.07) is 0. The standard InChI is InChI=1S/C11H21N3OS/c1-3-15-8-4-5-12-9-10(2)16-11-13-6-7-14-11/h6-7,10,12H,3-5,8-9H2,1-2H3,(H,13,14). The Hall–Kier alpha value is -0.520. The maximum absolute atomic E-state index is 5.27. The highest BCUT2D eigenvalue weighted by atomic mass is 32.2. The summed E-state index contributed by atoms with van der Waals surface area (Å²) in [5.74, 6) is 0. The highest BCUT2D eigenvalue weighted by molar-refractivity contribution is 7.99. The van der Waals surface area contributed by atoms with Crippen LogP contribution in [0.2, 0.25) is 0 Å². The lowest BCUT2D eigenvalue weighted by molar-refractivity contribution is 0.145. The average Bonchev–Trinajstić information content (AvgIpc) is 2.76. The van der Waals surface area contributed by atoms with Crippen LogP contribution in [-0.2, 0) is 4.74 Å². The molecule has 0 aliphatic carbocycles. The lowest BCUT2D eigenvalue weighted by atomic mass is 10.4. The fraction of sp³-hybridized carbons (Fsp3) is 0.727. The molecule has 1 unspecified atom stereocenters. The van der Waals surface area contributed by atoms with Gasteiger partial charge in [0.1, 0.15) is 0 Å². The van der Waals surface area contributed by atoms with Gasteiger partial charge in [-0.05, 0) is 19.9 Å². The van der Waals surface area contributed by atoms with Crippen LogP contribution in [-0.4, -0.2) is 41.5 Å². The molecule has 0 amide bonds. The average molecular weight is 243 g/mol. The van der Waals surface area contributed by atoms with Crippen molar-refractivity contribution in [3.63, 3.8) is 0 Å². The molecular weight excluding hydrogens is 222 g/mol. The van der Waals surface area contributed by atoms with Gasteiger partial charge in [0.2, 0.25) is 0 Å². The largest absolute Gasteiger partial charge is 0.382 e. The molecule has 0 aromatic carbocycles. The number of aromatic nitrogens is 2. The summed E-state index contributed by atoms with van der Waals surface area (Å²) in [5, 5.41) is 4.93. The van der Waals surface area contributed by atoms with E-state index in [1.807, 2.05) is 13.1 Å². The number of rotatable bonds is 9. The Morgan fingerprint density at radius 2 is 2.50 bits per heavy atom. The molecule has 16 heavy (non-hydrogen) atoms. The Morgan fingerprint density at radius 3 is 3.19 bits per heavy atom. The molecule has 1 rings (SSSR count). The quantitative estimate of drug-likeness (QED) is 0.514. The molecule has 0 aliphatic rings. The van der Waals surface area contributed by atoms with Crippen molar-refractivity contribution in [2.24, 2.45) is 0 Å². The fourth-order valence-electron chi connectivity index (χ4n) is 1.30. The number of hydrogen-bond acceptors (Lipinski definition) is 4. The van der Waals surface area contributed by atoms with E-state index in [9.17, 15) is 0 Å². The van der Waals surface area contributed by atoms with Gasteiger partial charge in [0, 0.05) is 37.4 Å². The zero-order chi connectivity index (χ0) is 11.6. The van der Waals surface area contributed by atoms with Gasteiger partial charge < -0.3 is 15.0 Å². The van der Waals surface area contributed by atoms with E-state index in [1.54, 1.807) is 18.0 Å². The number of ether oxygens (including phenoxy) is 1. The molecular formula is C11H21N3OS. The first-order chi connectivity index (χ1) is 7.83. The first-order valence-corrected chi connectivity index (χ1v) is 6.65. The van der Waals surface area contributed by atoms with Crippen molar-refractivity contribution in [3.8, 4) is 0 Å². The molecule has 4 nitrogen and oxygen atoms in total. The number of H-pyrrole nitrogens is 1. The summed E-state index contributed by atoms with van der Waals surface area (Å²) in [6.07, 6.45) is 4.71. The maximum Gasteiger partial charge on any atom is 0.165 e. The normalized spacial score (nSPS) is 12.9. The minimum atomic E-state index is 0.526. The summed E-state index contributed by atoms with van der Waals surface area (Å²) in [6.45, 7) is 7.90. The second kappa shape index (κ2) is 8.61. The number of hydrogen-bond donors (Lipinski definition) is 2. The molecule has 0 spiro atoms. The monoisotopic (exact) mass is 243 g/mol. The van der Waals surface area contributed by atoms with Gasteiger partial charge in [-0.25, -0.2) is 4.98 Å². The zero-order valence-electron chi connectivity index (χ0n) is 10.0. The number of thioether (sulfide) groups is 1. The van der Waals surface area contributed by atoms with Gasteiger partial charge in [-0.3, -0.25) is 0 Å². The lowest BCUT2D eigenvalue weighted by Crippen LogP contribution is -2.24. The van der Waals surface area contributed by atoms with Gasteiger partial charge in [0.25, 0.3) is 0 Å². The number of aromatic amines is 1. The van der Waals surface area contributed by atoms with Gasteiger partial charge in [-0.15, -0.1) is 0 Å². The van der Waals surface area contributed by atoms with Crippen molar-refractivity contribution in [2.75, 3.05) is 26.3 Å². The minimum Gasteiger partial charge on any atom is -0.382 e. The summed E-state index contributed by atoms with van der Waals surface area (Å²) in [4.78, 5) is 7.28. The summed E-state index contributed by atoms with van der Waals surface area (Å²) < 4.78 is 5.27. The third kappa shape index (κ3) is 6.15. The number of nitrogens with zero attached hydrogens (tertiary/aromatic N) is 1. The van der Waals surface area contributed by atoms with Crippen LogP contribution in [0.15, 0.2) is 17.6 Å². The van der Waals surface area contributed by atoms with Gasteiger partial charge in [-0.2, -0.15) is 0 Å². The van der Waals surface area contributed by atoms with Gasteiger partial charge in [0.05, 0.1) is 0 Å². The second-order valence-corrected chi connectivity index (χ2v) is 5.00. The second-order valence-electron chi connectivity index (χ2n) is 3.58. The molecule has 0 saturated carbocycles. The number of nitrogens with one attached hydrogen (secondary N) is 2. The van der Waals surface area contributed by atoms with Crippen LogP contribution in [0.5, 0.6) is 0 Å². The lowest BCUT2D eigenvalue weighted by Gasteiger charge is -2.10. The van der Waals surface area contributed by atoms with E-state index in [2.05, 4.69) is 22.2 Å². The topological polar surface area (TPSA) is 49.9 Å². The van der Waals surface area contributed by atoms with Crippen LogP contribution < -0.4 is 5.32 Å². The SMILES string of the molecule is CCOCCCNCC(C)Sc1ncc[nH]1. The van der Waals surface area contributed by atoms with Crippen LogP contribution >= 0.6 is 11.8 Å². The van der Waals surface area contributed by atoms with E-state index < -0.39 is 0 Å². The minimum absolute atomic E-state index is 0.526. The van der Waals surface area contributed by atoms with E-state index in [1.165, 1.54) is 0 Å². The summed E-state index contributed by atoms with van der Waals surface area (Å²) in [7, 11) is 0. The third-order valence-electron chi connectivity index (χ3n) is 2.06. The fourth-order valence-corrected chi connectivity index (χ4v) is 2.14. The van der Waals surface area contributed by atoms with Crippen LogP contribution in [0.25, 0.3) is 0 Å². The predicted molar refractivity (Wildman–Crippen MR) is 67.9 cm³/mol. The molecule has 5 heteroatoms. The van der Waals surface area contributed by atoms with E-state index >= 15 is 0 Å². The van der Waals surface area contributed by atoms with Crippen molar-refractivity contribution in [2.45, 2.75) is 30.7 Å². The molecule has 0 aliphatic heterocycles. The third-order valence-corrected chi connectivity index (χ3v) is 3.08. The smallest absolute Gasteiger partial charge is 0.165 e. The van der Waals surface area contributed by atoms with E-state index in [0.717, 1.165) is 37.9 Å². The Bertz CT molecular complexity index is 254. The van der Waals surface area contributed by atoms with Crippen LogP contribution in [0, 0.1) is 0 Å². The molecule has 0 fully saturated rings. The van der Waals surface area contributed by atoms with E-state index in [4.69, 9.17) is 4.74 Å². The molecule has 0 saturated heterocycles. The summed E-state index contributed by atoms with van der Waals surface area (Å²) in [5.41, 5.74) is 0. The van der Waals surface area contributed by atoms with E-state index in [0.29, 0.717) is 5.25 Å². The molecule has 92 valence electrons. The van der Waals surface area contributed by atoms with Crippen LogP contribution in [0.3, 0.4) is 0 Å². The highest BCUT2D eigenvalue weighted by Crippen LogP contribution is 2.17. The van der Waals surface area contributed by atoms with Gasteiger partial charge in [0.15, 0.2) is 5.16 Å². The Morgan fingerprint density at radius 1 is 1.62 bits per heavy atom. The predicted octanol–water partition coefficient (Wildman–Crippen LogP) is 1.91. The van der Waals surface area contributed by atoms with Gasteiger partial charge in [-0.1, -0.05) is 18.7 Å². The summed E-state index contributed by atoms with van der Waals surface area (Å²) >= 11 is 1.76. The molecule has 0 bridgehead atoms. The van der Waals surface area contributed by atoms with Crippen molar-refractivity contribution in [1.82, 2.24) is 15.3 Å². The Balaban J connectivity index is 1.96. The van der Waals surface area contributed by atoms with Crippen molar-refractivity contribution in [3.05, 3.63) is 12.4 Å². The van der Waals surface area contributed by atoms with Crippen molar-refractivity contribution in [1.29, 1.82) is 0 Å². The molecule has 0 radical (unpaired) electrons. The van der Waals surface area contributed by atoms with Crippen LogP contribution in [0.4, 0.5) is 0 Å². The molecule has 1 heterocycles. The Labute approximate surface area is 102 Å². The van der Waals surface area contributed by atoms with Crippen molar-refractivity contribution >= 4 is 11.8 Å². The first kappa shape index (κ1) is 13.5. The molecule has 1 aromatic heterocycles. The Kier molecular flexibility index (Phi) is 7.29. The maximum atomic E-state index is 5.27. The highest BCUT2D eigenvalue weighted by Gasteiger charge is 2.04. The first-order valence-electron chi connectivity index (χ1n) is 5.77. The molecule has 2 N–H and O–H groups in total. The number of imidazole rings is 1. The molecule has 1 aromatic rings. The zero-order valence-corrected chi connectivity index (χ0v) is 10.8. The van der Waals surface area contributed by atoms with Crippen LogP contribution in [0.1, 0.15) is 20.3 Å².